The number of carboxylic acid groups (broad SMARTS) is 2. The van der Waals surface area contributed by atoms with Crippen molar-refractivity contribution in [2.24, 2.45) is 0 Å². The van der Waals surface area contributed by atoms with E-state index in [0.29, 0.717) is 22.7 Å². The molecule has 0 saturated heterocycles. The summed E-state index contributed by atoms with van der Waals surface area (Å²) in [6.07, 6.45) is 5.68. The van der Waals surface area contributed by atoms with Crippen LogP contribution in [0.1, 0.15) is 82.8 Å². The highest BCUT2D eigenvalue weighted by atomic mass is 32.2. The highest BCUT2D eigenvalue weighted by Gasteiger charge is 2.50. The van der Waals surface area contributed by atoms with Gasteiger partial charge in [0.2, 0.25) is 5.69 Å². The number of nitrogens with zero attached hydrogens (tertiary/aromatic N) is 2. The molecule has 73 heavy (non-hydrogen) atoms. The summed E-state index contributed by atoms with van der Waals surface area (Å²) in [5.41, 5.74) is -2.04. The maximum absolute atomic E-state index is 12.9. The highest BCUT2D eigenvalue weighted by Crippen LogP contribution is 2.56. The molecular weight excluding hydrogens is 1130 g/mol. The third-order valence-corrected chi connectivity index (χ3v) is 19.9. The Hall–Kier alpha value is -4.55. The van der Waals surface area contributed by atoms with Crippen LogP contribution in [-0.2, 0) is 71.5 Å². The molecule has 2 aromatic carbocycles. The predicted molar refractivity (Wildman–Crippen MR) is 269 cm³/mol. The molecule has 0 fully saturated rings. The van der Waals surface area contributed by atoms with E-state index < -0.39 is 116 Å². The quantitative estimate of drug-likeness (QED) is 0.0274. The van der Waals surface area contributed by atoms with Crippen LogP contribution >= 0.6 is 22.7 Å². The fourth-order valence-corrected chi connectivity index (χ4v) is 15.3. The Kier molecular flexibility index (Phi) is 16.2. The van der Waals surface area contributed by atoms with Crippen LogP contribution < -0.4 is 4.90 Å². The van der Waals surface area contributed by atoms with Crippen molar-refractivity contribution in [1.82, 2.24) is 0 Å². The van der Waals surface area contributed by atoms with Crippen molar-refractivity contribution in [3.8, 4) is 0 Å². The number of carboxylic acids is 2. The van der Waals surface area contributed by atoms with E-state index in [-0.39, 0.29) is 115 Å². The van der Waals surface area contributed by atoms with Crippen molar-refractivity contribution < 1.29 is 102 Å². The van der Waals surface area contributed by atoms with Gasteiger partial charge in [0.15, 0.2) is 5.71 Å². The normalized spacial score (nSPS) is 19.6. The number of rotatable bonds is 23. The minimum atomic E-state index is -5.10. The number of thiophene rings is 2. The molecule has 2 unspecified atom stereocenters. The molecule has 0 bridgehead atoms. The molecule has 400 valence electrons. The van der Waals surface area contributed by atoms with Crippen LogP contribution in [0.3, 0.4) is 0 Å². The van der Waals surface area contributed by atoms with Gasteiger partial charge in [-0.05, 0) is 81.9 Å². The Bertz CT molecular complexity index is 3800. The number of hydrogen-bond donors (Lipinski definition) is 8. The van der Waals surface area contributed by atoms with Crippen molar-refractivity contribution >= 4 is 133 Å². The fourth-order valence-electron chi connectivity index (χ4n) is 9.37. The lowest BCUT2D eigenvalue weighted by Gasteiger charge is -2.30. The van der Waals surface area contributed by atoms with E-state index in [2.05, 4.69) is 0 Å². The third-order valence-electron chi connectivity index (χ3n) is 12.4. The summed E-state index contributed by atoms with van der Waals surface area (Å²) in [4.78, 5) is 23.8. The predicted octanol–water partition coefficient (Wildman–Crippen LogP) is 5.03. The maximum atomic E-state index is 12.9. The average molecular weight is 1180 g/mol. The molecule has 24 nitrogen and oxygen atoms in total. The molecule has 6 rings (SSSR count). The molecule has 2 aliphatic rings. The zero-order chi connectivity index (χ0) is 54.7. The van der Waals surface area contributed by atoms with Crippen LogP contribution in [0.2, 0.25) is 0 Å². The van der Waals surface area contributed by atoms with E-state index in [0.717, 1.165) is 24.3 Å². The van der Waals surface area contributed by atoms with E-state index in [9.17, 15) is 97.6 Å². The monoisotopic (exact) mass is 1180 g/mol. The molecule has 4 aromatic rings. The van der Waals surface area contributed by atoms with Crippen LogP contribution in [-0.4, -0.2) is 146 Å². The summed E-state index contributed by atoms with van der Waals surface area (Å²) < 4.78 is 208. The second-order valence-electron chi connectivity index (χ2n) is 17.5. The number of anilines is 1. The molecule has 2 atom stereocenters. The van der Waals surface area contributed by atoms with Gasteiger partial charge >= 0.3 is 11.9 Å². The van der Waals surface area contributed by atoms with Gasteiger partial charge in [-0.25, -0.2) is 9.59 Å². The Balaban J connectivity index is 1.60. The van der Waals surface area contributed by atoms with Crippen LogP contribution in [0.15, 0.2) is 70.1 Å². The average Bonchev–Trinajstić information content (AvgIpc) is 3.96. The van der Waals surface area contributed by atoms with Gasteiger partial charge in [0, 0.05) is 41.1 Å². The lowest BCUT2D eigenvalue weighted by atomic mass is 9.75. The number of fused-ring (bicyclic) bond motifs is 6. The summed E-state index contributed by atoms with van der Waals surface area (Å²) in [6.45, 7) is 2.59. The van der Waals surface area contributed by atoms with Gasteiger partial charge in [0.05, 0.1) is 48.9 Å². The second-order valence-corrected chi connectivity index (χ2v) is 28.7. The van der Waals surface area contributed by atoms with E-state index in [1.165, 1.54) is 39.9 Å². The standard InChI is InChI=1S/C41H46N2O22S8/c1-40(12-6-16-68(48,49)50)26-22-30(72(60,61)62)36-24(20-28(66-36)38(44)45)34(26)42(14-8-18-70(54,55)56)32(40)10-4-3-5-11-33-41(2,13-7-17-69(51,52)53)27-23-31(73(63,64)65)37-25(21-29(67-37)39(46)47)35(27)43(33)15-9-19-71(57,58)59/h3-5,10-11,20-23H,6-9,12-19H2,1-2H3,(H7-,44,45,46,47,48,49,50,51,52,53,54,55,56,57,58,59,60,61,62,63,64,65)/p+1. The topological polar surface area (TPSA) is 407 Å². The molecule has 0 aliphatic carbocycles. The van der Waals surface area contributed by atoms with Crippen molar-refractivity contribution in [1.29, 1.82) is 0 Å². The summed E-state index contributed by atoms with van der Waals surface area (Å²) >= 11 is 1.02. The first kappa shape index (κ1) is 57.7. The smallest absolute Gasteiger partial charge is 0.345 e. The Morgan fingerprint density at radius 1 is 0.589 bits per heavy atom. The van der Waals surface area contributed by atoms with Gasteiger partial charge in [0.25, 0.3) is 60.7 Å². The van der Waals surface area contributed by atoms with Gasteiger partial charge < -0.3 is 15.1 Å². The molecule has 2 aliphatic heterocycles. The lowest BCUT2D eigenvalue weighted by Crippen LogP contribution is -2.32. The van der Waals surface area contributed by atoms with E-state index in [1.54, 1.807) is 13.8 Å². The molecule has 0 saturated carbocycles. The van der Waals surface area contributed by atoms with Crippen LogP contribution in [0.5, 0.6) is 0 Å². The van der Waals surface area contributed by atoms with Crippen LogP contribution in [0, 0.1) is 0 Å². The minimum absolute atomic E-state index is 0.0143. The largest absolute Gasteiger partial charge is 0.477 e. The first-order chi connectivity index (χ1) is 33.4. The maximum Gasteiger partial charge on any atom is 0.345 e. The van der Waals surface area contributed by atoms with Crippen molar-refractivity contribution in [3.05, 3.63) is 81.2 Å². The summed E-state index contributed by atoms with van der Waals surface area (Å²) in [5, 5.41) is 19.8. The van der Waals surface area contributed by atoms with Crippen molar-refractivity contribution in [3.63, 3.8) is 0 Å². The minimum Gasteiger partial charge on any atom is -0.477 e. The zero-order valence-electron chi connectivity index (χ0n) is 38.1. The van der Waals surface area contributed by atoms with Gasteiger partial charge in [-0.3, -0.25) is 27.3 Å². The van der Waals surface area contributed by atoms with Gasteiger partial charge in [-0.15, -0.1) is 22.7 Å². The van der Waals surface area contributed by atoms with Crippen molar-refractivity contribution in [2.45, 2.75) is 73.0 Å². The van der Waals surface area contributed by atoms with Crippen molar-refractivity contribution in [2.75, 3.05) is 41.0 Å². The number of allylic oxidation sites excluding steroid dienone is 6. The first-order valence-corrected chi connectivity index (χ1v) is 32.2. The Morgan fingerprint density at radius 2 is 1.04 bits per heavy atom. The number of benzene rings is 2. The molecular formula is C41H47N2O22S8+. The highest BCUT2D eigenvalue weighted by molar-refractivity contribution is 7.87. The summed E-state index contributed by atoms with van der Waals surface area (Å²) in [5.74, 6) is -6.07. The molecule has 4 heterocycles. The Labute approximate surface area is 427 Å². The second kappa shape index (κ2) is 20.5. The number of aromatic carboxylic acids is 2. The van der Waals surface area contributed by atoms with Crippen LogP contribution in [0.25, 0.3) is 20.2 Å². The molecule has 8 N–H and O–H groups in total. The van der Waals surface area contributed by atoms with E-state index in [4.69, 9.17) is 0 Å². The van der Waals surface area contributed by atoms with E-state index in [1.807, 2.05) is 0 Å². The van der Waals surface area contributed by atoms with Gasteiger partial charge in [-0.2, -0.15) is 55.1 Å². The van der Waals surface area contributed by atoms with Gasteiger partial charge in [0.1, 0.15) is 26.1 Å². The first-order valence-electron chi connectivity index (χ1n) is 21.3. The summed E-state index contributed by atoms with van der Waals surface area (Å²) in [7, 11) is -28.5. The van der Waals surface area contributed by atoms with Crippen LogP contribution in [0.4, 0.5) is 11.4 Å². The lowest BCUT2D eigenvalue weighted by molar-refractivity contribution is -0.435. The number of carbonyl (C=O) groups is 2. The molecule has 0 spiro atoms. The molecule has 0 amide bonds. The van der Waals surface area contributed by atoms with Gasteiger partial charge in [-0.1, -0.05) is 18.2 Å². The zero-order valence-corrected chi connectivity index (χ0v) is 44.7. The molecule has 32 heteroatoms. The van der Waals surface area contributed by atoms with E-state index >= 15 is 0 Å². The molecule has 2 aromatic heterocycles. The Morgan fingerprint density at radius 3 is 1.53 bits per heavy atom. The SMILES string of the molecule is CC1(CCCS(=O)(=O)O)C(/C=C/C=C/C=C2/N(CCCS(=O)(=O)O)c3c(cc(S(=O)(=O)O)c4sc(C(=O)O)cc34)C2(C)CCCS(=O)(=O)O)=[N+](CCCS(=O)(=O)O)c2c1cc(S(=O)(=O)O)c1sc(C(=O)O)cc21. The summed E-state index contributed by atoms with van der Waals surface area (Å²) in [6, 6.07) is 4.44. The third kappa shape index (κ3) is 12.9. The fraction of sp³-hybridized carbons (Fsp3) is 0.390. The number of hydrogen-bond acceptors (Lipinski definition) is 17. The molecule has 0 radical (unpaired) electrons.